The second-order valence-corrected chi connectivity index (χ2v) is 9.72. The molecule has 130 valence electrons. The Kier molecular flexibility index (Phi) is 6.27. The number of hydrogen-bond donors (Lipinski definition) is 2. The zero-order valence-electron chi connectivity index (χ0n) is 16.5. The van der Waals surface area contributed by atoms with Crippen molar-refractivity contribution in [2.24, 2.45) is 43.5 Å². The van der Waals surface area contributed by atoms with Crippen LogP contribution in [0, 0.1) is 21.7 Å². The Balaban J connectivity index is 5.29. The minimum Gasteiger partial charge on any atom is -0.323 e. The van der Waals surface area contributed by atoms with Crippen molar-refractivity contribution in [1.29, 1.82) is 0 Å². The van der Waals surface area contributed by atoms with Crippen LogP contribution in [0.3, 0.4) is 0 Å². The monoisotopic (exact) mass is 310 g/mol. The summed E-state index contributed by atoms with van der Waals surface area (Å²) in [5.41, 5.74) is 1.94. The molecule has 0 saturated heterocycles. The van der Waals surface area contributed by atoms with Crippen LogP contribution >= 0.6 is 0 Å². The first-order valence-electron chi connectivity index (χ1n) is 8.17. The van der Waals surface area contributed by atoms with Gasteiger partial charge in [0.25, 0.3) is 0 Å². The van der Waals surface area contributed by atoms with Gasteiger partial charge in [-0.1, -0.05) is 69.2 Å². The smallest absolute Gasteiger partial charge is 0.0485 e. The van der Waals surface area contributed by atoms with Gasteiger partial charge >= 0.3 is 0 Å². The number of hydrazone groups is 2. The van der Waals surface area contributed by atoms with E-state index >= 15 is 0 Å². The van der Waals surface area contributed by atoms with Gasteiger partial charge in [-0.15, -0.1) is 0 Å². The van der Waals surface area contributed by atoms with Crippen molar-refractivity contribution in [1.82, 2.24) is 0 Å². The highest BCUT2D eigenvalue weighted by Crippen LogP contribution is 2.40. The number of nitrogens with zero attached hydrogens (tertiary/aromatic N) is 2. The summed E-state index contributed by atoms with van der Waals surface area (Å²) < 4.78 is 0. The fraction of sp³-hybridized carbons (Fsp3) is 0.889. The van der Waals surface area contributed by atoms with Crippen molar-refractivity contribution < 1.29 is 0 Å². The third-order valence-corrected chi connectivity index (χ3v) is 4.34. The predicted octanol–water partition coefficient (Wildman–Crippen LogP) is 4.54. The number of rotatable bonds is 5. The molecule has 0 aliphatic heterocycles. The van der Waals surface area contributed by atoms with Gasteiger partial charge in [0.2, 0.25) is 0 Å². The normalized spacial score (nSPS) is 16.1. The van der Waals surface area contributed by atoms with Gasteiger partial charge in [0.15, 0.2) is 0 Å². The first kappa shape index (κ1) is 20.9. The van der Waals surface area contributed by atoms with Crippen molar-refractivity contribution in [3.8, 4) is 0 Å². The maximum atomic E-state index is 5.68. The van der Waals surface area contributed by atoms with Crippen LogP contribution in [0.1, 0.15) is 82.1 Å². The molecule has 0 bridgehead atoms. The summed E-state index contributed by atoms with van der Waals surface area (Å²) in [6.07, 6.45) is 1.98. The highest BCUT2D eigenvalue weighted by molar-refractivity contribution is 5.95. The van der Waals surface area contributed by atoms with Gasteiger partial charge in [0.05, 0.1) is 0 Å². The van der Waals surface area contributed by atoms with E-state index in [0.29, 0.717) is 0 Å². The van der Waals surface area contributed by atoms with Gasteiger partial charge in [-0.2, -0.15) is 10.2 Å². The minimum absolute atomic E-state index is 0.0305. The highest BCUT2D eigenvalue weighted by atomic mass is 15.1. The summed E-state index contributed by atoms with van der Waals surface area (Å²) in [6.45, 7) is 21.8. The van der Waals surface area contributed by atoms with Gasteiger partial charge in [0.1, 0.15) is 0 Å². The van der Waals surface area contributed by atoms with E-state index in [1.54, 1.807) is 0 Å². The molecule has 0 radical (unpaired) electrons. The molecule has 0 aromatic heterocycles. The molecule has 0 amide bonds. The fourth-order valence-corrected chi connectivity index (χ4v) is 3.63. The Morgan fingerprint density at radius 3 is 0.955 bits per heavy atom. The molecule has 0 atom stereocenters. The molecule has 0 fully saturated rings. The van der Waals surface area contributed by atoms with Crippen molar-refractivity contribution in [3.63, 3.8) is 0 Å². The zero-order valence-corrected chi connectivity index (χ0v) is 16.5. The fourth-order valence-electron chi connectivity index (χ4n) is 3.63. The Morgan fingerprint density at radius 2 is 0.818 bits per heavy atom. The highest BCUT2D eigenvalue weighted by Gasteiger charge is 2.38. The number of nitrogens with two attached hydrogens (primary N) is 2. The average Bonchev–Trinajstić information content (AvgIpc) is 2.23. The van der Waals surface area contributed by atoms with Crippen LogP contribution in [0.25, 0.3) is 0 Å². The Hall–Kier alpha value is -1.06. The molecule has 0 saturated carbocycles. The van der Waals surface area contributed by atoms with Crippen LogP contribution in [0.4, 0.5) is 0 Å². The molecule has 0 aliphatic carbocycles. The molecule has 0 unspecified atom stereocenters. The van der Waals surface area contributed by atoms with Gasteiger partial charge in [-0.25, -0.2) is 0 Å². The molecule has 0 aromatic rings. The van der Waals surface area contributed by atoms with Crippen molar-refractivity contribution in [2.75, 3.05) is 0 Å². The second-order valence-electron chi connectivity index (χ2n) is 9.72. The first-order chi connectivity index (χ1) is 9.59. The number of hydrogen-bond acceptors (Lipinski definition) is 4. The lowest BCUT2D eigenvalue weighted by molar-refractivity contribution is 0.329. The Morgan fingerprint density at radius 1 is 0.591 bits per heavy atom. The molecule has 0 aliphatic rings. The Labute approximate surface area is 137 Å². The van der Waals surface area contributed by atoms with Crippen LogP contribution in [0.15, 0.2) is 10.2 Å². The molecule has 22 heavy (non-hydrogen) atoms. The third kappa shape index (κ3) is 5.29. The lowest BCUT2D eigenvalue weighted by Gasteiger charge is -2.39. The summed E-state index contributed by atoms with van der Waals surface area (Å²) in [5, 5.41) is 8.21. The maximum absolute atomic E-state index is 5.68. The summed E-state index contributed by atoms with van der Waals surface area (Å²) in [6, 6.07) is 0. The molecule has 0 rings (SSSR count). The maximum Gasteiger partial charge on any atom is 0.0485 e. The van der Waals surface area contributed by atoms with E-state index in [4.69, 9.17) is 11.7 Å². The topological polar surface area (TPSA) is 76.8 Å². The second kappa shape index (κ2) is 6.59. The van der Waals surface area contributed by atoms with E-state index in [9.17, 15) is 0 Å². The average molecular weight is 311 g/mol. The van der Waals surface area contributed by atoms with Gasteiger partial charge in [-0.3, -0.25) is 0 Å². The largest absolute Gasteiger partial charge is 0.323 e. The van der Waals surface area contributed by atoms with E-state index in [1.165, 1.54) is 0 Å². The Bertz CT molecular complexity index is 387. The molecular formula is C18H38N4. The van der Waals surface area contributed by atoms with E-state index in [0.717, 1.165) is 24.3 Å². The van der Waals surface area contributed by atoms with E-state index in [2.05, 4.69) is 79.4 Å². The third-order valence-electron chi connectivity index (χ3n) is 4.34. The minimum atomic E-state index is -0.0537. The zero-order chi connectivity index (χ0) is 18.0. The molecule has 0 heterocycles. The quantitative estimate of drug-likeness (QED) is 0.444. The van der Waals surface area contributed by atoms with Crippen LogP contribution < -0.4 is 11.7 Å². The molecule has 4 nitrogen and oxygen atoms in total. The van der Waals surface area contributed by atoms with Crippen molar-refractivity contribution >= 4 is 11.4 Å². The van der Waals surface area contributed by atoms with Crippen LogP contribution in [-0.4, -0.2) is 11.4 Å². The lowest BCUT2D eigenvalue weighted by Crippen LogP contribution is -2.40. The summed E-state index contributed by atoms with van der Waals surface area (Å²) >= 11 is 0. The lowest BCUT2D eigenvalue weighted by atomic mass is 9.66. The first-order valence-corrected chi connectivity index (χ1v) is 8.17. The SMILES string of the molecule is CC(C)(C)/C(=N\N)C(C)(C)CCC(C)(C)/C(=N/N)C(C)(C)C. The molecular weight excluding hydrogens is 272 g/mol. The molecule has 0 aromatic carbocycles. The molecule has 4 heteroatoms. The van der Waals surface area contributed by atoms with E-state index in [1.807, 2.05) is 0 Å². The van der Waals surface area contributed by atoms with Gasteiger partial charge < -0.3 is 11.7 Å². The van der Waals surface area contributed by atoms with Gasteiger partial charge in [-0.05, 0) is 12.8 Å². The standard InChI is InChI=1S/C18H38N4/c1-15(2,3)13(21-19)17(7,8)11-12-18(9,10)14(22-20)16(4,5)6/h11-12,19-20H2,1-10H3/b21-13+,22-14+. The summed E-state index contributed by atoms with van der Waals surface area (Å²) in [4.78, 5) is 0. The van der Waals surface area contributed by atoms with Crippen LogP contribution in [0.5, 0.6) is 0 Å². The predicted molar refractivity (Wildman–Crippen MR) is 99.0 cm³/mol. The van der Waals surface area contributed by atoms with E-state index in [-0.39, 0.29) is 21.7 Å². The van der Waals surface area contributed by atoms with E-state index < -0.39 is 0 Å². The summed E-state index contributed by atoms with van der Waals surface area (Å²) in [5.74, 6) is 11.4. The van der Waals surface area contributed by atoms with Crippen molar-refractivity contribution in [3.05, 3.63) is 0 Å². The van der Waals surface area contributed by atoms with Crippen LogP contribution in [0.2, 0.25) is 0 Å². The summed E-state index contributed by atoms with van der Waals surface area (Å²) in [7, 11) is 0. The molecule has 4 N–H and O–H groups in total. The van der Waals surface area contributed by atoms with Gasteiger partial charge in [0, 0.05) is 33.1 Å². The van der Waals surface area contributed by atoms with Crippen LogP contribution in [-0.2, 0) is 0 Å². The van der Waals surface area contributed by atoms with Crippen molar-refractivity contribution in [2.45, 2.75) is 82.1 Å². The molecule has 0 spiro atoms.